The molecule has 0 rings (SSSR count). The van der Waals surface area contributed by atoms with E-state index in [1.54, 1.807) is 0 Å². The smallest absolute Gasteiger partial charge is 0.462 e. The Morgan fingerprint density at radius 2 is 0.981 bits per heavy atom. The number of unbranched alkanes of at least 4 members (excludes halogenated alkanes) is 23. The first-order chi connectivity index (χ1) is 25.0. The van der Waals surface area contributed by atoms with E-state index in [4.69, 9.17) is 18.5 Å². The minimum absolute atomic E-state index is 0.0312. The molecule has 0 fully saturated rings. The number of hydrogen-bond acceptors (Lipinski definition) is 7. The van der Waals surface area contributed by atoms with E-state index in [0.717, 1.165) is 38.5 Å². The third kappa shape index (κ3) is 38.5. The molecular formula is C42H83NO8P+. The van der Waals surface area contributed by atoms with Gasteiger partial charge in [-0.3, -0.25) is 18.6 Å². The minimum atomic E-state index is -4.37. The lowest BCUT2D eigenvalue weighted by molar-refractivity contribution is -0.870. The van der Waals surface area contributed by atoms with Crippen molar-refractivity contribution in [2.75, 3.05) is 47.5 Å². The molecule has 1 N–H and O–H groups in total. The number of phosphoric acid groups is 1. The number of esters is 2. The lowest BCUT2D eigenvalue weighted by atomic mass is 10.0. The van der Waals surface area contributed by atoms with Crippen LogP contribution in [0.3, 0.4) is 0 Å². The first-order valence-electron chi connectivity index (χ1n) is 21.4. The Balaban J connectivity index is 4.39. The Kier molecular flexibility index (Phi) is 34.6. The molecule has 0 aromatic heterocycles. The molecule has 10 heteroatoms. The van der Waals surface area contributed by atoms with Crippen LogP contribution in [0.15, 0.2) is 12.2 Å². The molecule has 1 unspecified atom stereocenters. The van der Waals surface area contributed by atoms with E-state index in [9.17, 15) is 19.0 Å². The van der Waals surface area contributed by atoms with Crippen molar-refractivity contribution in [1.29, 1.82) is 0 Å². The predicted octanol–water partition coefficient (Wildman–Crippen LogP) is 11.8. The summed E-state index contributed by atoms with van der Waals surface area (Å²) in [5, 5.41) is 0. The molecule has 0 amide bonds. The standard InChI is InChI=1S/C42H82NO8P/c1-6-8-10-12-14-16-18-20-21-23-25-27-29-31-33-35-42(45)51-40(39-50-52(46,47)49-37-36-43(3,4)5)38-48-41(44)34-32-30-28-26-24-22-19-17-15-13-11-9-7-2/h25,27,40H,6-24,26,28-39H2,1-5H3/p+1/b27-25-/t40-/m1/s1. The number of nitrogens with zero attached hydrogens (tertiary/aromatic N) is 1. The number of rotatable bonds is 39. The fourth-order valence-electron chi connectivity index (χ4n) is 5.89. The third-order valence-corrected chi connectivity index (χ3v) is 10.3. The monoisotopic (exact) mass is 761 g/mol. The quantitative estimate of drug-likeness (QED) is 0.0217. The summed E-state index contributed by atoms with van der Waals surface area (Å²) in [5.74, 6) is -0.816. The Hall–Kier alpha value is -1.25. The zero-order chi connectivity index (χ0) is 38.6. The molecule has 0 spiro atoms. The number of likely N-dealkylation sites (N-methyl/N-ethyl adjacent to an activating group) is 1. The summed E-state index contributed by atoms with van der Waals surface area (Å²) in [6.07, 6.45) is 35.4. The van der Waals surface area contributed by atoms with Gasteiger partial charge in [0.25, 0.3) is 0 Å². The number of quaternary nitrogens is 1. The van der Waals surface area contributed by atoms with Gasteiger partial charge in [-0.25, -0.2) is 4.57 Å². The summed E-state index contributed by atoms with van der Waals surface area (Å²) in [6.45, 7) is 4.41. The van der Waals surface area contributed by atoms with Crippen molar-refractivity contribution < 1.29 is 42.1 Å². The topological polar surface area (TPSA) is 108 Å². The van der Waals surface area contributed by atoms with Gasteiger partial charge in [0.05, 0.1) is 27.7 Å². The number of allylic oxidation sites excluding steroid dienone is 2. The van der Waals surface area contributed by atoms with Crippen LogP contribution in [0.2, 0.25) is 0 Å². The molecule has 0 aliphatic carbocycles. The van der Waals surface area contributed by atoms with Gasteiger partial charge in [0, 0.05) is 12.8 Å². The van der Waals surface area contributed by atoms with Gasteiger partial charge >= 0.3 is 19.8 Å². The Morgan fingerprint density at radius 3 is 1.46 bits per heavy atom. The molecule has 0 radical (unpaired) electrons. The molecule has 0 aromatic rings. The number of carbonyl (C=O) groups excluding carboxylic acids is 2. The van der Waals surface area contributed by atoms with Crippen LogP contribution < -0.4 is 0 Å². The normalized spacial score (nSPS) is 13.7. The highest BCUT2D eigenvalue weighted by molar-refractivity contribution is 7.47. The van der Waals surface area contributed by atoms with Crippen molar-refractivity contribution in [2.24, 2.45) is 0 Å². The van der Waals surface area contributed by atoms with Crippen molar-refractivity contribution in [3.05, 3.63) is 12.2 Å². The van der Waals surface area contributed by atoms with Gasteiger partial charge in [-0.1, -0.05) is 154 Å². The molecular weight excluding hydrogens is 677 g/mol. The van der Waals surface area contributed by atoms with Gasteiger partial charge in [0.15, 0.2) is 6.10 Å². The summed E-state index contributed by atoms with van der Waals surface area (Å²) in [6, 6.07) is 0. The third-order valence-electron chi connectivity index (χ3n) is 9.30. The van der Waals surface area contributed by atoms with E-state index >= 15 is 0 Å². The molecule has 52 heavy (non-hydrogen) atoms. The fourth-order valence-corrected chi connectivity index (χ4v) is 6.63. The maximum absolute atomic E-state index is 12.6. The Labute approximate surface area is 320 Å². The van der Waals surface area contributed by atoms with Crippen molar-refractivity contribution in [3.63, 3.8) is 0 Å². The summed E-state index contributed by atoms with van der Waals surface area (Å²) in [4.78, 5) is 35.3. The van der Waals surface area contributed by atoms with Crippen molar-refractivity contribution in [1.82, 2.24) is 0 Å². The minimum Gasteiger partial charge on any atom is -0.462 e. The van der Waals surface area contributed by atoms with Gasteiger partial charge in [0.1, 0.15) is 19.8 Å². The van der Waals surface area contributed by atoms with Crippen LogP contribution in [0.25, 0.3) is 0 Å². The lowest BCUT2D eigenvalue weighted by Gasteiger charge is -2.24. The molecule has 0 aliphatic rings. The maximum atomic E-state index is 12.6. The van der Waals surface area contributed by atoms with Crippen molar-refractivity contribution >= 4 is 19.8 Å². The largest absolute Gasteiger partial charge is 0.472 e. The van der Waals surface area contributed by atoms with Crippen molar-refractivity contribution in [2.45, 2.75) is 200 Å². The molecule has 0 bridgehead atoms. The first kappa shape index (κ1) is 50.8. The van der Waals surface area contributed by atoms with Crippen LogP contribution in [-0.2, 0) is 32.7 Å². The van der Waals surface area contributed by atoms with Crippen LogP contribution in [0.5, 0.6) is 0 Å². The highest BCUT2D eigenvalue weighted by Crippen LogP contribution is 2.43. The van der Waals surface area contributed by atoms with E-state index in [0.29, 0.717) is 23.9 Å². The summed E-state index contributed by atoms with van der Waals surface area (Å²) in [5.41, 5.74) is 0. The van der Waals surface area contributed by atoms with Gasteiger partial charge in [-0.15, -0.1) is 0 Å². The second-order valence-corrected chi connectivity index (χ2v) is 17.2. The molecule has 0 heterocycles. The highest BCUT2D eigenvalue weighted by atomic mass is 31.2. The van der Waals surface area contributed by atoms with E-state index in [1.165, 1.54) is 122 Å². The zero-order valence-electron chi connectivity index (χ0n) is 34.6. The average molecular weight is 761 g/mol. The summed E-state index contributed by atoms with van der Waals surface area (Å²) in [7, 11) is 1.47. The molecule has 0 saturated heterocycles. The molecule has 0 aromatic carbocycles. The maximum Gasteiger partial charge on any atom is 0.472 e. The Bertz CT molecular complexity index is 907. The SMILES string of the molecule is CCCCCCCCCCC/C=C\CCCCC(=O)O[C@H](COC(=O)CCCCCCCCCCCCCCC)COP(=O)(O)OCC[N+](C)(C)C. The fraction of sp³-hybridized carbons (Fsp3) is 0.905. The second-order valence-electron chi connectivity index (χ2n) is 15.7. The first-order valence-corrected chi connectivity index (χ1v) is 22.9. The molecule has 0 saturated carbocycles. The average Bonchev–Trinajstić information content (AvgIpc) is 3.09. The predicted molar refractivity (Wildman–Crippen MR) is 215 cm³/mol. The van der Waals surface area contributed by atoms with Crippen LogP contribution in [0.4, 0.5) is 0 Å². The molecule has 2 atom stereocenters. The van der Waals surface area contributed by atoms with Crippen LogP contribution in [0.1, 0.15) is 194 Å². The van der Waals surface area contributed by atoms with Crippen LogP contribution in [-0.4, -0.2) is 74.9 Å². The van der Waals surface area contributed by atoms with Gasteiger partial charge < -0.3 is 18.9 Å². The zero-order valence-corrected chi connectivity index (χ0v) is 35.5. The van der Waals surface area contributed by atoms with Crippen LogP contribution >= 0.6 is 7.82 Å². The van der Waals surface area contributed by atoms with E-state index in [-0.39, 0.29) is 25.6 Å². The summed E-state index contributed by atoms with van der Waals surface area (Å²) < 4.78 is 34.2. The Morgan fingerprint density at radius 1 is 0.577 bits per heavy atom. The number of hydrogen-bond donors (Lipinski definition) is 1. The molecule has 0 aliphatic heterocycles. The highest BCUT2D eigenvalue weighted by Gasteiger charge is 2.27. The van der Waals surface area contributed by atoms with E-state index in [2.05, 4.69) is 26.0 Å². The van der Waals surface area contributed by atoms with Gasteiger partial charge in [-0.2, -0.15) is 0 Å². The number of ether oxygens (including phenoxy) is 2. The van der Waals surface area contributed by atoms with E-state index < -0.39 is 26.5 Å². The summed E-state index contributed by atoms with van der Waals surface area (Å²) >= 11 is 0. The number of carbonyl (C=O) groups is 2. The lowest BCUT2D eigenvalue weighted by Crippen LogP contribution is -2.37. The van der Waals surface area contributed by atoms with E-state index in [1.807, 2.05) is 21.1 Å². The van der Waals surface area contributed by atoms with Gasteiger partial charge in [-0.05, 0) is 38.5 Å². The van der Waals surface area contributed by atoms with Crippen LogP contribution in [0, 0.1) is 0 Å². The van der Waals surface area contributed by atoms with Gasteiger partial charge in [0.2, 0.25) is 0 Å². The second kappa shape index (κ2) is 35.5. The van der Waals surface area contributed by atoms with Crippen molar-refractivity contribution in [3.8, 4) is 0 Å². The number of phosphoric ester groups is 1. The molecule has 308 valence electrons. The molecule has 9 nitrogen and oxygen atoms in total.